The van der Waals surface area contributed by atoms with Gasteiger partial charge in [-0.3, -0.25) is 4.79 Å². The Bertz CT molecular complexity index is 662. The maximum absolute atomic E-state index is 12.6. The van der Waals surface area contributed by atoms with Gasteiger partial charge < -0.3 is 9.64 Å². The third-order valence-electron chi connectivity index (χ3n) is 3.60. The van der Waals surface area contributed by atoms with Crippen molar-refractivity contribution < 1.29 is 9.53 Å². The van der Waals surface area contributed by atoms with Gasteiger partial charge in [-0.05, 0) is 19.1 Å². The Morgan fingerprint density at radius 3 is 2.95 bits per heavy atom. The maximum Gasteiger partial charge on any atom is 0.272 e. The van der Waals surface area contributed by atoms with E-state index in [1.807, 2.05) is 42.2 Å². The first-order valence-corrected chi connectivity index (χ1v) is 8.16. The van der Waals surface area contributed by atoms with Crippen LogP contribution in [0.2, 0.25) is 0 Å². The zero-order chi connectivity index (χ0) is 14.8. The molecule has 0 spiro atoms. The summed E-state index contributed by atoms with van der Waals surface area (Å²) in [6.45, 7) is 3.20. The molecule has 3 rings (SSSR count). The summed E-state index contributed by atoms with van der Waals surface area (Å²) in [6.07, 6.45) is 0.0869. The summed E-state index contributed by atoms with van der Waals surface area (Å²) in [6, 6.07) is 11.6. The highest BCUT2D eigenvalue weighted by Crippen LogP contribution is 2.17. The number of aromatic nitrogens is 1. The molecule has 1 aromatic heterocycles. The smallest absolute Gasteiger partial charge is 0.272 e. The highest BCUT2D eigenvalue weighted by atomic mass is 79.9. The fraction of sp³-hybridized carbons (Fsp3) is 0.375. The summed E-state index contributed by atoms with van der Waals surface area (Å²) in [7, 11) is 0. The van der Waals surface area contributed by atoms with E-state index >= 15 is 0 Å². The Labute approximate surface area is 132 Å². The van der Waals surface area contributed by atoms with Crippen LogP contribution in [0.15, 0.2) is 36.4 Å². The van der Waals surface area contributed by atoms with E-state index in [0.29, 0.717) is 18.8 Å². The minimum Gasteiger partial charge on any atom is -0.371 e. The number of fused-ring (bicyclic) bond motifs is 1. The number of amides is 1. The van der Waals surface area contributed by atoms with Gasteiger partial charge >= 0.3 is 0 Å². The van der Waals surface area contributed by atoms with Gasteiger partial charge in [0, 0.05) is 23.8 Å². The van der Waals surface area contributed by atoms with Crippen LogP contribution in [0.5, 0.6) is 0 Å². The SMILES string of the molecule is CC1CN(C(=O)c2ccc3ccccc3n2)CC(CBr)O1. The molecule has 2 unspecified atom stereocenters. The molecule has 0 aliphatic carbocycles. The predicted molar refractivity (Wildman–Crippen MR) is 85.8 cm³/mol. The second kappa shape index (κ2) is 6.12. The number of alkyl halides is 1. The number of ether oxygens (including phenoxy) is 1. The van der Waals surface area contributed by atoms with Crippen LogP contribution in [0.4, 0.5) is 0 Å². The molecule has 110 valence electrons. The summed E-state index contributed by atoms with van der Waals surface area (Å²) in [4.78, 5) is 19.0. The number of halogens is 1. The van der Waals surface area contributed by atoms with Crippen molar-refractivity contribution in [3.8, 4) is 0 Å². The van der Waals surface area contributed by atoms with Crippen molar-refractivity contribution in [2.75, 3.05) is 18.4 Å². The maximum atomic E-state index is 12.6. The molecule has 2 aromatic rings. The molecule has 0 saturated carbocycles. The number of rotatable bonds is 2. The largest absolute Gasteiger partial charge is 0.371 e. The molecule has 1 fully saturated rings. The number of benzene rings is 1. The lowest BCUT2D eigenvalue weighted by molar-refractivity contribution is -0.0560. The van der Waals surface area contributed by atoms with E-state index in [-0.39, 0.29) is 18.1 Å². The molecular weight excluding hydrogens is 332 g/mol. The van der Waals surface area contributed by atoms with Gasteiger partial charge in [0.25, 0.3) is 5.91 Å². The van der Waals surface area contributed by atoms with Gasteiger partial charge in [-0.25, -0.2) is 4.98 Å². The Balaban J connectivity index is 1.85. The number of pyridine rings is 1. The normalized spacial score (nSPS) is 22.5. The predicted octanol–water partition coefficient (Wildman–Crippen LogP) is 2.86. The molecule has 0 radical (unpaired) electrons. The first-order valence-electron chi connectivity index (χ1n) is 7.04. The van der Waals surface area contributed by atoms with Crippen molar-refractivity contribution in [2.45, 2.75) is 19.1 Å². The van der Waals surface area contributed by atoms with Gasteiger partial charge in [-0.2, -0.15) is 0 Å². The zero-order valence-corrected chi connectivity index (χ0v) is 13.4. The molecule has 2 heterocycles. The summed E-state index contributed by atoms with van der Waals surface area (Å²) in [5, 5.41) is 1.77. The zero-order valence-electron chi connectivity index (χ0n) is 11.8. The van der Waals surface area contributed by atoms with Crippen LogP contribution in [0.3, 0.4) is 0 Å². The second-order valence-corrected chi connectivity index (χ2v) is 5.97. The summed E-state index contributed by atoms with van der Waals surface area (Å²) >= 11 is 3.43. The van der Waals surface area contributed by atoms with E-state index in [4.69, 9.17) is 4.74 Å². The first-order chi connectivity index (χ1) is 10.2. The van der Waals surface area contributed by atoms with Crippen LogP contribution in [0, 0.1) is 0 Å². The van der Waals surface area contributed by atoms with Gasteiger partial charge in [0.05, 0.1) is 17.7 Å². The van der Waals surface area contributed by atoms with Crippen molar-refractivity contribution in [3.63, 3.8) is 0 Å². The minimum atomic E-state index is -0.0261. The Morgan fingerprint density at radius 2 is 2.14 bits per heavy atom. The van der Waals surface area contributed by atoms with E-state index in [1.54, 1.807) is 6.07 Å². The van der Waals surface area contributed by atoms with Crippen LogP contribution in [0.25, 0.3) is 10.9 Å². The second-order valence-electron chi connectivity index (χ2n) is 5.32. The molecule has 1 aromatic carbocycles. The molecule has 1 saturated heterocycles. The van der Waals surface area contributed by atoms with Crippen molar-refractivity contribution >= 4 is 32.7 Å². The van der Waals surface area contributed by atoms with Crippen LogP contribution in [-0.4, -0.2) is 46.4 Å². The lowest BCUT2D eigenvalue weighted by Gasteiger charge is -2.36. The standard InChI is InChI=1S/C16H17BrN2O2/c1-11-9-19(10-13(8-17)21-11)16(20)15-7-6-12-4-2-3-5-14(12)18-15/h2-7,11,13H,8-10H2,1H3. The lowest BCUT2D eigenvalue weighted by atomic mass is 10.1. The molecule has 1 amide bonds. The fourth-order valence-corrected chi connectivity index (χ4v) is 3.00. The summed E-state index contributed by atoms with van der Waals surface area (Å²) in [5.74, 6) is -0.0261. The van der Waals surface area contributed by atoms with E-state index in [2.05, 4.69) is 20.9 Å². The Kier molecular flexibility index (Phi) is 4.22. The van der Waals surface area contributed by atoms with Crippen LogP contribution >= 0.6 is 15.9 Å². The van der Waals surface area contributed by atoms with Crippen molar-refractivity contribution in [3.05, 3.63) is 42.1 Å². The average molecular weight is 349 g/mol. The fourth-order valence-electron chi connectivity index (χ4n) is 2.64. The van der Waals surface area contributed by atoms with E-state index in [9.17, 15) is 4.79 Å². The molecule has 4 nitrogen and oxygen atoms in total. The van der Waals surface area contributed by atoms with E-state index in [0.717, 1.165) is 16.2 Å². The summed E-state index contributed by atoms with van der Waals surface area (Å²) in [5.41, 5.74) is 1.35. The van der Waals surface area contributed by atoms with E-state index < -0.39 is 0 Å². The Hall–Kier alpha value is -1.46. The molecular formula is C16H17BrN2O2. The van der Waals surface area contributed by atoms with Crippen molar-refractivity contribution in [1.82, 2.24) is 9.88 Å². The number of carbonyl (C=O) groups is 1. The van der Waals surface area contributed by atoms with Gasteiger partial charge in [0.15, 0.2) is 0 Å². The molecule has 2 atom stereocenters. The number of para-hydroxylation sites is 1. The number of morpholine rings is 1. The lowest BCUT2D eigenvalue weighted by Crippen LogP contribution is -2.49. The van der Waals surface area contributed by atoms with Crippen LogP contribution in [0.1, 0.15) is 17.4 Å². The highest BCUT2D eigenvalue weighted by molar-refractivity contribution is 9.09. The molecule has 1 aliphatic rings. The minimum absolute atomic E-state index is 0.0261. The third-order valence-corrected chi connectivity index (χ3v) is 4.33. The molecule has 0 bridgehead atoms. The van der Waals surface area contributed by atoms with Gasteiger partial charge in [0.2, 0.25) is 0 Å². The quantitative estimate of drug-likeness (QED) is 0.783. The number of carbonyl (C=O) groups excluding carboxylic acids is 1. The topological polar surface area (TPSA) is 42.4 Å². The molecule has 0 N–H and O–H groups in total. The molecule has 1 aliphatic heterocycles. The number of hydrogen-bond acceptors (Lipinski definition) is 3. The summed E-state index contributed by atoms with van der Waals surface area (Å²) < 4.78 is 5.76. The highest BCUT2D eigenvalue weighted by Gasteiger charge is 2.28. The number of nitrogens with zero attached hydrogens (tertiary/aromatic N) is 2. The molecule has 5 heteroatoms. The monoisotopic (exact) mass is 348 g/mol. The molecule has 21 heavy (non-hydrogen) atoms. The van der Waals surface area contributed by atoms with Gasteiger partial charge in [-0.15, -0.1) is 0 Å². The van der Waals surface area contributed by atoms with Gasteiger partial charge in [-0.1, -0.05) is 40.2 Å². The van der Waals surface area contributed by atoms with Gasteiger partial charge in [0.1, 0.15) is 5.69 Å². The van der Waals surface area contributed by atoms with E-state index in [1.165, 1.54) is 0 Å². The van der Waals surface area contributed by atoms with Crippen LogP contribution in [-0.2, 0) is 4.74 Å². The van der Waals surface area contributed by atoms with Crippen molar-refractivity contribution in [1.29, 1.82) is 0 Å². The van der Waals surface area contributed by atoms with Crippen molar-refractivity contribution in [2.24, 2.45) is 0 Å². The average Bonchev–Trinajstić information content (AvgIpc) is 2.53. The first kappa shape index (κ1) is 14.5. The van der Waals surface area contributed by atoms with Crippen LogP contribution < -0.4 is 0 Å². The third kappa shape index (κ3) is 3.09. The Morgan fingerprint density at radius 1 is 1.33 bits per heavy atom. The number of hydrogen-bond donors (Lipinski definition) is 0.